The van der Waals surface area contributed by atoms with E-state index in [4.69, 9.17) is 4.52 Å². The summed E-state index contributed by atoms with van der Waals surface area (Å²) in [5.41, 5.74) is 0. The number of benzene rings is 1. The second kappa shape index (κ2) is 4.82. The Hall–Kier alpha value is -0.440. The van der Waals surface area contributed by atoms with Crippen LogP contribution in [0, 0.1) is 0 Å². The van der Waals surface area contributed by atoms with E-state index in [1.54, 1.807) is 44.7 Å². The molecule has 1 aromatic carbocycles. The van der Waals surface area contributed by atoms with E-state index in [0.717, 1.165) is 4.90 Å². The minimum absolute atomic E-state index is 0.438. The van der Waals surface area contributed by atoms with Crippen LogP contribution in [0.3, 0.4) is 0 Å². The molecule has 0 fully saturated rings. The largest absolute Gasteiger partial charge is 0.424 e. The van der Waals surface area contributed by atoms with Crippen LogP contribution in [0.2, 0.25) is 0 Å². The number of thioether (sulfide) groups is 1. The molecule has 1 aromatic rings. The van der Waals surface area contributed by atoms with Gasteiger partial charge in [0.25, 0.3) is 0 Å². The smallest absolute Gasteiger partial charge is 0.381 e. The molecule has 16 heavy (non-hydrogen) atoms. The van der Waals surface area contributed by atoms with Gasteiger partial charge in [-0.3, -0.25) is 0 Å². The van der Waals surface area contributed by atoms with Crippen LogP contribution >= 0.6 is 19.4 Å². The molecule has 0 aliphatic carbocycles. The lowest BCUT2D eigenvalue weighted by Crippen LogP contribution is -2.18. The molecule has 0 saturated heterocycles. The zero-order valence-electron chi connectivity index (χ0n) is 9.93. The quantitative estimate of drug-likeness (QED) is 0.663. The highest BCUT2D eigenvalue weighted by molar-refractivity contribution is 7.98. The Morgan fingerprint density at radius 3 is 2.50 bits per heavy atom. The average Bonchev–Trinajstić information content (AvgIpc) is 2.15. The molecular weight excluding hydrogens is 243 g/mol. The van der Waals surface area contributed by atoms with Crippen molar-refractivity contribution < 1.29 is 14.0 Å². The number of hydrogen-bond donors (Lipinski definition) is 1. The lowest BCUT2D eigenvalue weighted by atomic mass is 10.3. The molecule has 0 radical (unpaired) electrons. The molecule has 1 rings (SSSR count). The summed E-state index contributed by atoms with van der Waals surface area (Å²) >= 11 is 1.57. The Labute approximate surface area is 101 Å². The molecule has 0 saturated carbocycles. The maximum Gasteiger partial charge on any atom is 0.381 e. The van der Waals surface area contributed by atoms with E-state index in [1.165, 1.54) is 0 Å². The van der Waals surface area contributed by atoms with Crippen molar-refractivity contribution in [1.82, 2.24) is 0 Å². The molecule has 0 amide bonds. The second-order valence-electron chi connectivity index (χ2n) is 4.46. The Morgan fingerprint density at radius 1 is 1.38 bits per heavy atom. The maximum absolute atomic E-state index is 11.9. The van der Waals surface area contributed by atoms with E-state index in [1.807, 2.05) is 18.4 Å². The molecule has 0 aromatic heterocycles. The van der Waals surface area contributed by atoms with Crippen molar-refractivity contribution in [2.24, 2.45) is 0 Å². The highest BCUT2D eigenvalue weighted by atomic mass is 32.2. The van der Waals surface area contributed by atoms with Gasteiger partial charge in [0.2, 0.25) is 0 Å². The van der Waals surface area contributed by atoms with Gasteiger partial charge in [0.05, 0.1) is 5.16 Å². The molecule has 1 N–H and O–H groups in total. The zero-order chi connectivity index (χ0) is 12.4. The third-order valence-electron chi connectivity index (χ3n) is 2.12. The first kappa shape index (κ1) is 13.6. The van der Waals surface area contributed by atoms with Gasteiger partial charge in [-0.05, 0) is 45.2 Å². The Morgan fingerprint density at radius 2 is 2.00 bits per heavy atom. The Kier molecular flexibility index (Phi) is 4.11. The van der Waals surface area contributed by atoms with Gasteiger partial charge in [0.1, 0.15) is 5.75 Å². The van der Waals surface area contributed by atoms with Crippen molar-refractivity contribution in [2.75, 3.05) is 6.26 Å². The topological polar surface area (TPSA) is 46.5 Å². The molecule has 0 aliphatic heterocycles. The summed E-state index contributed by atoms with van der Waals surface area (Å²) in [5.74, 6) is 0.438. The van der Waals surface area contributed by atoms with Gasteiger partial charge >= 0.3 is 7.60 Å². The summed E-state index contributed by atoms with van der Waals surface area (Å²) in [5, 5.41) is -0.775. The molecule has 5 heteroatoms. The Bertz CT molecular complexity index is 412. The molecule has 1 unspecified atom stereocenters. The van der Waals surface area contributed by atoms with Crippen LogP contribution in [0.1, 0.15) is 20.8 Å². The lowest BCUT2D eigenvalue weighted by Gasteiger charge is -2.25. The van der Waals surface area contributed by atoms with Gasteiger partial charge in [-0.1, -0.05) is 6.07 Å². The first-order chi connectivity index (χ1) is 7.26. The number of hydrogen-bond acceptors (Lipinski definition) is 3. The summed E-state index contributed by atoms with van der Waals surface area (Å²) in [6, 6.07) is 7.19. The van der Waals surface area contributed by atoms with Gasteiger partial charge < -0.3 is 9.42 Å². The van der Waals surface area contributed by atoms with Crippen LogP contribution in [0.5, 0.6) is 5.75 Å². The highest BCUT2D eigenvalue weighted by Gasteiger charge is 2.37. The van der Waals surface area contributed by atoms with Crippen LogP contribution in [0.15, 0.2) is 29.2 Å². The van der Waals surface area contributed by atoms with Crippen molar-refractivity contribution in [1.29, 1.82) is 0 Å². The van der Waals surface area contributed by atoms with E-state index in [-0.39, 0.29) is 0 Å². The maximum atomic E-state index is 11.9. The zero-order valence-corrected chi connectivity index (χ0v) is 11.6. The van der Waals surface area contributed by atoms with Crippen LogP contribution in [-0.4, -0.2) is 16.3 Å². The van der Waals surface area contributed by atoms with Gasteiger partial charge in [0, 0.05) is 4.90 Å². The fraction of sp³-hybridized carbons (Fsp3) is 0.455. The van der Waals surface area contributed by atoms with Crippen molar-refractivity contribution in [2.45, 2.75) is 30.8 Å². The third kappa shape index (κ3) is 3.27. The molecule has 3 nitrogen and oxygen atoms in total. The van der Waals surface area contributed by atoms with E-state index in [0.29, 0.717) is 5.75 Å². The predicted molar refractivity (Wildman–Crippen MR) is 68.4 cm³/mol. The standard InChI is InChI=1S/C11H17O3PS/c1-11(2,3)15(12,13)14-9-6-5-7-10(8-9)16-4/h5-8H,1-4H3,(H,12,13). The fourth-order valence-electron chi connectivity index (χ4n) is 0.938. The summed E-state index contributed by atoms with van der Waals surface area (Å²) < 4.78 is 17.1. The number of rotatable bonds is 3. The SMILES string of the molecule is CSc1cccc(OP(=O)(O)C(C)(C)C)c1. The molecule has 90 valence electrons. The van der Waals surface area contributed by atoms with Crippen molar-refractivity contribution in [3.05, 3.63) is 24.3 Å². The van der Waals surface area contributed by atoms with Crippen molar-refractivity contribution >= 4 is 19.4 Å². The minimum Gasteiger partial charge on any atom is -0.424 e. The fourth-order valence-corrected chi connectivity index (χ4v) is 2.06. The second-order valence-corrected chi connectivity index (χ2v) is 7.91. The summed E-state index contributed by atoms with van der Waals surface area (Å²) in [7, 11) is -3.64. The Balaban J connectivity index is 2.92. The summed E-state index contributed by atoms with van der Waals surface area (Å²) in [6.45, 7) is 5.06. The van der Waals surface area contributed by atoms with Crippen LogP contribution in [0.4, 0.5) is 0 Å². The van der Waals surface area contributed by atoms with Crippen molar-refractivity contribution in [3.8, 4) is 5.75 Å². The normalized spacial score (nSPS) is 15.6. The minimum atomic E-state index is -3.64. The molecule has 1 atom stereocenters. The van der Waals surface area contributed by atoms with E-state index in [2.05, 4.69) is 0 Å². The van der Waals surface area contributed by atoms with Gasteiger partial charge in [-0.2, -0.15) is 0 Å². The third-order valence-corrected chi connectivity index (χ3v) is 5.00. The van der Waals surface area contributed by atoms with Gasteiger partial charge in [0.15, 0.2) is 0 Å². The molecular formula is C11H17O3PS. The van der Waals surface area contributed by atoms with Gasteiger partial charge in [-0.15, -0.1) is 11.8 Å². The molecule has 0 aliphatic rings. The van der Waals surface area contributed by atoms with E-state index in [9.17, 15) is 9.46 Å². The summed E-state index contributed by atoms with van der Waals surface area (Å²) in [4.78, 5) is 10.8. The predicted octanol–water partition coefficient (Wildman–Crippen LogP) is 3.77. The average molecular weight is 260 g/mol. The van der Waals surface area contributed by atoms with Crippen molar-refractivity contribution in [3.63, 3.8) is 0 Å². The van der Waals surface area contributed by atoms with E-state index < -0.39 is 12.8 Å². The molecule has 0 heterocycles. The first-order valence-electron chi connectivity index (χ1n) is 4.93. The van der Waals surface area contributed by atoms with Crippen LogP contribution in [-0.2, 0) is 4.57 Å². The van der Waals surface area contributed by atoms with Crippen LogP contribution < -0.4 is 4.52 Å². The monoisotopic (exact) mass is 260 g/mol. The first-order valence-corrected chi connectivity index (χ1v) is 7.73. The lowest BCUT2D eigenvalue weighted by molar-refractivity contribution is 0.349. The van der Waals surface area contributed by atoms with Crippen LogP contribution in [0.25, 0.3) is 0 Å². The molecule has 0 bridgehead atoms. The summed E-state index contributed by atoms with van der Waals surface area (Å²) in [6.07, 6.45) is 1.95. The van der Waals surface area contributed by atoms with E-state index >= 15 is 0 Å². The highest BCUT2D eigenvalue weighted by Crippen LogP contribution is 2.54. The molecule has 0 spiro atoms. The van der Waals surface area contributed by atoms with Gasteiger partial charge in [-0.25, -0.2) is 4.57 Å².